The van der Waals surface area contributed by atoms with Gasteiger partial charge in [0.25, 0.3) is 11.3 Å². The molecule has 3 heterocycles. The van der Waals surface area contributed by atoms with Crippen LogP contribution in [0.3, 0.4) is 0 Å². The van der Waals surface area contributed by atoms with Crippen molar-refractivity contribution in [3.8, 4) is 11.4 Å². The number of nitrogens with one attached hydrogen (secondary N) is 3. The number of aromatic amines is 1. The van der Waals surface area contributed by atoms with Crippen molar-refractivity contribution in [2.24, 2.45) is 16.8 Å². The van der Waals surface area contributed by atoms with E-state index in [0.29, 0.717) is 42.1 Å². The van der Waals surface area contributed by atoms with E-state index in [1.807, 2.05) is 6.08 Å². The number of fused-ring (bicyclic) bond motifs is 1. The molecule has 1 saturated carbocycles. The second-order valence-electron chi connectivity index (χ2n) is 10.9. The number of likely N-dealkylation sites (tertiary alicyclic amines) is 1. The number of nitrogens with zero attached hydrogens (tertiary/aromatic N) is 4. The minimum Gasteiger partial charge on any atom is -0.612 e. The van der Waals surface area contributed by atoms with Crippen molar-refractivity contribution in [2.75, 3.05) is 31.6 Å². The number of aliphatic imine (C=N–C) groups is 1. The van der Waals surface area contributed by atoms with Gasteiger partial charge < -0.3 is 25.8 Å². The lowest BCUT2D eigenvalue weighted by molar-refractivity contribution is -0.115. The summed E-state index contributed by atoms with van der Waals surface area (Å²) in [4.78, 5) is 20.0. The fourth-order valence-corrected chi connectivity index (χ4v) is 5.11. The highest BCUT2D eigenvalue weighted by Crippen LogP contribution is 2.31. The van der Waals surface area contributed by atoms with Crippen LogP contribution in [0.25, 0.3) is 11.4 Å². The zero-order valence-corrected chi connectivity index (χ0v) is 21.9. The second kappa shape index (κ2) is 11.6. The van der Waals surface area contributed by atoms with E-state index < -0.39 is 4.90 Å². The molecule has 1 amide bonds. The fourth-order valence-electron chi connectivity index (χ4n) is 5.11. The Bertz CT molecular complexity index is 1200. The van der Waals surface area contributed by atoms with Crippen molar-refractivity contribution in [1.29, 1.82) is 0 Å². The summed E-state index contributed by atoms with van der Waals surface area (Å²) in [6, 6.07) is 2.85. The van der Waals surface area contributed by atoms with Crippen LogP contribution in [0.1, 0.15) is 46.0 Å². The maximum atomic E-state index is 13.3. The van der Waals surface area contributed by atoms with E-state index in [0.717, 1.165) is 19.5 Å². The quantitative estimate of drug-likeness (QED) is 0.376. The Hall–Kier alpha value is -3.38. The topological polar surface area (TPSA) is 157 Å². The first-order valence-corrected chi connectivity index (χ1v) is 13.5. The third-order valence-electron chi connectivity index (χ3n) is 7.27. The molecule has 0 aromatic heterocycles. The molecule has 2 aliphatic carbocycles. The van der Waals surface area contributed by atoms with Gasteiger partial charge in [-0.15, -0.1) is 0 Å². The first-order valence-electron chi connectivity index (χ1n) is 13.5. The van der Waals surface area contributed by atoms with E-state index in [9.17, 15) is 15.2 Å². The van der Waals surface area contributed by atoms with Gasteiger partial charge in [-0.1, -0.05) is 19.9 Å². The summed E-state index contributed by atoms with van der Waals surface area (Å²) in [5.41, 5.74) is 1.51. The molecule has 5 aliphatic rings. The Morgan fingerprint density at radius 3 is 2.79 bits per heavy atom. The first kappa shape index (κ1) is 26.2. The van der Waals surface area contributed by atoms with Crippen molar-refractivity contribution in [2.45, 2.75) is 64.3 Å². The minimum absolute atomic E-state index is 0.0605. The maximum Gasteiger partial charge on any atom is 0.269 e. The number of anilines is 1. The zero-order valence-electron chi connectivity index (χ0n) is 21.9. The van der Waals surface area contributed by atoms with Crippen molar-refractivity contribution in [1.82, 2.24) is 25.4 Å². The molecule has 5 rings (SSSR count). The average Bonchev–Trinajstić information content (AvgIpc) is 3.33. The molecule has 0 spiro atoms. The largest absolute Gasteiger partial charge is 0.612 e. The summed E-state index contributed by atoms with van der Waals surface area (Å²) in [5, 5.41) is 35.2. The number of amides is 1. The fraction of sp³-hybridized carbons (Fsp3) is 0.615. The van der Waals surface area contributed by atoms with Crippen LogP contribution in [0, 0.1) is 22.3 Å². The summed E-state index contributed by atoms with van der Waals surface area (Å²) in [7, 11) is 0. The predicted molar refractivity (Wildman–Crippen MR) is 143 cm³/mol. The van der Waals surface area contributed by atoms with Gasteiger partial charge in [0.2, 0.25) is 5.69 Å². The van der Waals surface area contributed by atoms with E-state index in [-0.39, 0.29) is 35.3 Å². The van der Waals surface area contributed by atoms with Gasteiger partial charge in [-0.25, -0.2) is 4.99 Å². The molecule has 206 valence electrons. The van der Waals surface area contributed by atoms with Gasteiger partial charge in [0.15, 0.2) is 6.23 Å². The Morgan fingerprint density at radius 1 is 1.29 bits per heavy atom. The van der Waals surface area contributed by atoms with Crippen LogP contribution in [-0.4, -0.2) is 71.4 Å². The lowest BCUT2D eigenvalue weighted by Gasteiger charge is -2.32. The molecule has 12 heteroatoms. The Balaban J connectivity index is 1.27. The van der Waals surface area contributed by atoms with Crippen LogP contribution in [0.15, 0.2) is 33.9 Å². The van der Waals surface area contributed by atoms with Gasteiger partial charge >= 0.3 is 0 Å². The van der Waals surface area contributed by atoms with Crippen LogP contribution < -0.4 is 20.9 Å². The highest BCUT2D eigenvalue weighted by Gasteiger charge is 2.33. The zero-order chi connectivity index (χ0) is 26.6. The van der Waals surface area contributed by atoms with Crippen molar-refractivity contribution in [3.63, 3.8) is 0 Å². The van der Waals surface area contributed by atoms with Crippen molar-refractivity contribution < 1.29 is 14.2 Å². The number of dihydropyridines is 1. The monoisotopic (exact) mass is 526 g/mol. The smallest absolute Gasteiger partial charge is 0.269 e. The molecule has 0 aromatic rings. The van der Waals surface area contributed by atoms with E-state index in [1.165, 1.54) is 31.7 Å². The van der Waals surface area contributed by atoms with Crippen molar-refractivity contribution in [3.05, 3.63) is 40.1 Å². The molecule has 3 atom stereocenters. The maximum absolute atomic E-state index is 13.3. The van der Waals surface area contributed by atoms with Gasteiger partial charge in [0.05, 0.1) is 18.3 Å². The molecule has 0 radical (unpaired) electrons. The summed E-state index contributed by atoms with van der Waals surface area (Å²) >= 11 is 0. The number of H-pyrrole nitrogens is 1. The van der Waals surface area contributed by atoms with E-state index in [2.05, 4.69) is 45.8 Å². The minimum atomic E-state index is -0.501. The molecule has 38 heavy (non-hydrogen) atoms. The highest BCUT2D eigenvalue weighted by molar-refractivity contribution is 6.43. The first-order chi connectivity index (χ1) is 18.4. The average molecular weight is 527 g/mol. The van der Waals surface area contributed by atoms with Crippen LogP contribution in [0.4, 0.5) is 5.69 Å². The van der Waals surface area contributed by atoms with Gasteiger partial charge in [-0.2, -0.15) is 10.1 Å². The van der Waals surface area contributed by atoms with Gasteiger partial charge in [0.1, 0.15) is 11.4 Å². The molecule has 3 aliphatic heterocycles. The Kier molecular flexibility index (Phi) is 7.98. The summed E-state index contributed by atoms with van der Waals surface area (Å²) < 4.78 is 11.1. The van der Waals surface area contributed by atoms with Gasteiger partial charge in [-0.05, 0) is 74.3 Å². The molecule has 12 nitrogen and oxygen atoms in total. The lowest BCUT2D eigenvalue weighted by atomic mass is 10.0. The number of benzene rings is 1. The molecule has 0 bridgehead atoms. The summed E-state index contributed by atoms with van der Waals surface area (Å²) in [6.07, 6.45) is 8.99. The van der Waals surface area contributed by atoms with E-state index in [4.69, 9.17) is 14.4 Å². The van der Waals surface area contributed by atoms with Crippen LogP contribution in [-0.2, 0) is 9.53 Å². The Labute approximate surface area is 221 Å². The third-order valence-corrected chi connectivity index (χ3v) is 7.27. The van der Waals surface area contributed by atoms with E-state index >= 15 is 0 Å². The number of hydrogen-bond acceptors (Lipinski definition) is 9. The van der Waals surface area contributed by atoms with Gasteiger partial charge in [-0.3, -0.25) is 14.3 Å². The number of aromatic nitrogens is 2. The van der Waals surface area contributed by atoms with Crippen LogP contribution >= 0.6 is 0 Å². The lowest BCUT2D eigenvalue weighted by Crippen LogP contribution is -2.47. The number of hydrogen-bond donors (Lipinski definition) is 3. The second-order valence-corrected chi connectivity index (χ2v) is 10.9. The third kappa shape index (κ3) is 6.18. The number of carbonyl (C=O) groups excluding carboxylic acids is 1. The molecule has 1 saturated heterocycles. The summed E-state index contributed by atoms with van der Waals surface area (Å²) in [5.74, 6) is 0.709. The SMILES string of the molecule is CC(C)CC(CNc1ccc(=[N+]([O-])[O-])c2no[nH]c1-2)NC(=O)C1=NC(OCC2CC2)C(N2CCCC2)C=C1. The van der Waals surface area contributed by atoms with Crippen LogP contribution in [0.5, 0.6) is 0 Å². The molecular formula is C26H36N7O5-. The molecule has 3 unspecified atom stereocenters. The van der Waals surface area contributed by atoms with Gasteiger partial charge in [0, 0.05) is 18.7 Å². The molecule has 3 N–H and O–H groups in total. The van der Waals surface area contributed by atoms with Crippen LogP contribution in [0.2, 0.25) is 0 Å². The van der Waals surface area contributed by atoms with Crippen molar-refractivity contribution >= 4 is 17.3 Å². The standard InChI is InChI=1S/C26H36N7O5/c1-16(2)13-18(14-27-19-7-9-21(33(35)36)24-23(19)30-38-31-24)28-25(34)20-8-10-22(32-11-3-4-12-32)26(29-20)37-15-17-5-6-17/h7-10,16-18,22,26H,3-6,11-15H2,1-2H3,(H3-,27,28,29,30,31,34,35,36)/q-1. The summed E-state index contributed by atoms with van der Waals surface area (Å²) in [6.45, 7) is 7.33. The molecular weight excluding hydrogens is 490 g/mol. The molecule has 0 aromatic carbocycles. The number of carbonyl (C=O) groups is 1. The molecule has 2 fully saturated rings. The van der Waals surface area contributed by atoms with E-state index in [1.54, 1.807) is 6.07 Å². The predicted octanol–water partition coefficient (Wildman–Crippen LogP) is 2.05. The Morgan fingerprint density at radius 2 is 2.08 bits per heavy atom. The highest BCUT2D eigenvalue weighted by atomic mass is 16.8. The normalized spacial score (nSPS) is 22.6. The number of rotatable bonds is 11. The number of ether oxygens (including phenoxy) is 1.